The lowest BCUT2D eigenvalue weighted by molar-refractivity contribution is -0.111. The van der Waals surface area contributed by atoms with E-state index < -0.39 is 0 Å². The van der Waals surface area contributed by atoms with Gasteiger partial charge in [-0.05, 0) is 56.9 Å². The van der Waals surface area contributed by atoms with Crippen LogP contribution in [-0.2, 0) is 4.79 Å². The predicted octanol–water partition coefficient (Wildman–Crippen LogP) is 2.83. The number of rotatable bonds is 5. The lowest BCUT2D eigenvalue weighted by Gasteiger charge is -2.26. The van der Waals surface area contributed by atoms with Crippen molar-refractivity contribution in [1.29, 1.82) is 0 Å². The summed E-state index contributed by atoms with van der Waals surface area (Å²) in [5, 5.41) is -0.196. The molecular formula is C10H19Cl2NO. The minimum Gasteiger partial charge on any atom is -0.303 e. The van der Waals surface area contributed by atoms with Crippen LogP contribution in [0.2, 0.25) is 0 Å². The molecule has 1 aliphatic heterocycles. The first-order valence-corrected chi connectivity index (χ1v) is 5.57. The maximum atomic E-state index is 10.4. The van der Waals surface area contributed by atoms with Crippen LogP contribution in [0.1, 0.15) is 38.5 Å². The van der Waals surface area contributed by atoms with Gasteiger partial charge in [0.1, 0.15) is 0 Å². The number of halogens is 2. The summed E-state index contributed by atoms with van der Waals surface area (Å²) < 4.78 is 0. The van der Waals surface area contributed by atoms with Gasteiger partial charge in [0.15, 0.2) is 0 Å². The summed E-state index contributed by atoms with van der Waals surface area (Å²) in [6.45, 7) is 3.63. The van der Waals surface area contributed by atoms with Crippen molar-refractivity contribution in [2.24, 2.45) is 0 Å². The van der Waals surface area contributed by atoms with Crippen LogP contribution in [0.25, 0.3) is 0 Å². The van der Waals surface area contributed by atoms with Crippen molar-refractivity contribution < 1.29 is 4.79 Å². The van der Waals surface area contributed by atoms with Gasteiger partial charge in [-0.1, -0.05) is 6.42 Å². The summed E-state index contributed by atoms with van der Waals surface area (Å²) >= 11 is 5.25. The fourth-order valence-corrected chi connectivity index (χ4v) is 1.92. The van der Waals surface area contributed by atoms with E-state index in [0.29, 0.717) is 6.42 Å². The van der Waals surface area contributed by atoms with Crippen LogP contribution in [0.15, 0.2) is 0 Å². The Labute approximate surface area is 97.4 Å². The molecule has 1 fully saturated rings. The first kappa shape index (κ1) is 14.2. The van der Waals surface area contributed by atoms with Gasteiger partial charge in [0.05, 0.1) is 0 Å². The summed E-state index contributed by atoms with van der Waals surface area (Å²) in [4.78, 5) is 12.9. The summed E-state index contributed by atoms with van der Waals surface area (Å²) in [6, 6.07) is 0. The molecular weight excluding hydrogens is 221 g/mol. The van der Waals surface area contributed by atoms with E-state index in [9.17, 15) is 4.79 Å². The van der Waals surface area contributed by atoms with Gasteiger partial charge in [-0.3, -0.25) is 4.79 Å². The number of piperidine rings is 1. The Balaban J connectivity index is 0.00000169. The van der Waals surface area contributed by atoms with E-state index in [4.69, 9.17) is 11.6 Å². The van der Waals surface area contributed by atoms with E-state index in [0.717, 1.165) is 19.4 Å². The molecule has 4 heteroatoms. The van der Waals surface area contributed by atoms with Gasteiger partial charge < -0.3 is 4.90 Å². The monoisotopic (exact) mass is 239 g/mol. The summed E-state index contributed by atoms with van der Waals surface area (Å²) in [6.07, 6.45) is 6.66. The molecule has 1 aliphatic rings. The third-order valence-electron chi connectivity index (χ3n) is 2.55. The van der Waals surface area contributed by atoms with E-state index in [-0.39, 0.29) is 17.6 Å². The second-order valence-corrected chi connectivity index (χ2v) is 4.14. The molecule has 0 radical (unpaired) electrons. The van der Waals surface area contributed by atoms with Crippen LogP contribution in [0, 0.1) is 0 Å². The maximum Gasteiger partial charge on any atom is 0.221 e. The molecule has 0 aromatic heterocycles. The van der Waals surface area contributed by atoms with E-state index in [1.54, 1.807) is 0 Å². The van der Waals surface area contributed by atoms with Crippen LogP contribution < -0.4 is 0 Å². The van der Waals surface area contributed by atoms with Gasteiger partial charge in [-0.15, -0.1) is 12.4 Å². The largest absolute Gasteiger partial charge is 0.303 e. The molecule has 0 bridgehead atoms. The zero-order valence-electron chi connectivity index (χ0n) is 8.51. The van der Waals surface area contributed by atoms with Crippen molar-refractivity contribution in [2.45, 2.75) is 38.5 Å². The fraction of sp³-hybridized carbons (Fsp3) is 0.900. The number of nitrogens with zero attached hydrogens (tertiary/aromatic N) is 1. The minimum absolute atomic E-state index is 0. The smallest absolute Gasteiger partial charge is 0.221 e. The lowest BCUT2D eigenvalue weighted by Crippen LogP contribution is -2.30. The normalized spacial score (nSPS) is 17.5. The van der Waals surface area contributed by atoms with Crippen LogP contribution in [0.5, 0.6) is 0 Å². The van der Waals surface area contributed by atoms with E-state index in [1.165, 1.54) is 32.4 Å². The van der Waals surface area contributed by atoms with E-state index >= 15 is 0 Å². The lowest BCUT2D eigenvalue weighted by atomic mass is 10.1. The minimum atomic E-state index is -0.196. The van der Waals surface area contributed by atoms with Crippen molar-refractivity contribution in [1.82, 2.24) is 4.90 Å². The molecule has 1 saturated heterocycles. The molecule has 1 heterocycles. The number of likely N-dealkylation sites (tertiary alicyclic amines) is 1. The maximum absolute atomic E-state index is 10.4. The van der Waals surface area contributed by atoms with Gasteiger partial charge in [-0.2, -0.15) is 0 Å². The summed E-state index contributed by atoms with van der Waals surface area (Å²) in [5.74, 6) is 0. The molecule has 84 valence electrons. The zero-order chi connectivity index (χ0) is 9.52. The van der Waals surface area contributed by atoms with Crippen LogP contribution >= 0.6 is 24.0 Å². The van der Waals surface area contributed by atoms with Crippen molar-refractivity contribution >= 4 is 29.3 Å². The van der Waals surface area contributed by atoms with Crippen LogP contribution in [0.4, 0.5) is 0 Å². The molecule has 0 unspecified atom stereocenters. The Morgan fingerprint density at radius 3 is 2.36 bits per heavy atom. The Morgan fingerprint density at radius 2 is 1.79 bits per heavy atom. The molecule has 14 heavy (non-hydrogen) atoms. The quantitative estimate of drug-likeness (QED) is 0.544. The predicted molar refractivity (Wildman–Crippen MR) is 62.3 cm³/mol. The van der Waals surface area contributed by atoms with Crippen LogP contribution in [0.3, 0.4) is 0 Å². The Hall–Kier alpha value is 0.210. The fourth-order valence-electron chi connectivity index (χ4n) is 1.78. The van der Waals surface area contributed by atoms with Crippen molar-refractivity contribution in [3.05, 3.63) is 0 Å². The Kier molecular flexibility index (Phi) is 8.64. The molecule has 1 rings (SSSR count). The summed E-state index contributed by atoms with van der Waals surface area (Å²) in [7, 11) is 0. The average Bonchev–Trinajstić information content (AvgIpc) is 2.14. The molecule has 0 aromatic rings. The first-order valence-electron chi connectivity index (χ1n) is 5.20. The Morgan fingerprint density at radius 1 is 1.14 bits per heavy atom. The highest BCUT2D eigenvalue weighted by Gasteiger charge is 2.08. The SMILES string of the molecule is Cl.O=C(Cl)CCCCN1CCCCC1. The number of unbranched alkanes of at least 4 members (excludes halogenated alkanes) is 1. The third-order valence-corrected chi connectivity index (χ3v) is 2.74. The average molecular weight is 240 g/mol. The molecule has 0 aliphatic carbocycles. The molecule has 0 aromatic carbocycles. The molecule has 2 nitrogen and oxygen atoms in total. The molecule has 0 spiro atoms. The number of carbonyl (C=O) groups is 1. The molecule has 0 amide bonds. The van der Waals surface area contributed by atoms with Gasteiger partial charge >= 0.3 is 0 Å². The summed E-state index contributed by atoms with van der Waals surface area (Å²) in [5.41, 5.74) is 0. The first-order chi connectivity index (χ1) is 6.29. The Bertz CT molecular complexity index is 158. The van der Waals surface area contributed by atoms with Crippen LogP contribution in [-0.4, -0.2) is 29.8 Å². The highest BCUT2D eigenvalue weighted by Crippen LogP contribution is 2.10. The van der Waals surface area contributed by atoms with E-state index in [1.807, 2.05) is 0 Å². The number of hydrogen-bond donors (Lipinski definition) is 0. The second-order valence-electron chi connectivity index (χ2n) is 3.71. The third kappa shape index (κ3) is 6.63. The molecule has 0 N–H and O–H groups in total. The second kappa shape index (κ2) is 8.51. The number of hydrogen-bond acceptors (Lipinski definition) is 2. The van der Waals surface area contributed by atoms with Crippen molar-refractivity contribution in [3.8, 4) is 0 Å². The number of carbonyl (C=O) groups excluding carboxylic acids is 1. The van der Waals surface area contributed by atoms with Gasteiger partial charge in [0.25, 0.3) is 0 Å². The van der Waals surface area contributed by atoms with E-state index in [2.05, 4.69) is 4.90 Å². The molecule has 0 saturated carbocycles. The van der Waals surface area contributed by atoms with Crippen molar-refractivity contribution in [3.63, 3.8) is 0 Å². The van der Waals surface area contributed by atoms with Crippen molar-refractivity contribution in [2.75, 3.05) is 19.6 Å². The standard InChI is InChI=1S/C10H18ClNO.ClH/c11-10(13)6-2-5-9-12-7-3-1-4-8-12;/h1-9H2;1H. The highest BCUT2D eigenvalue weighted by molar-refractivity contribution is 6.63. The van der Waals surface area contributed by atoms with Gasteiger partial charge in [-0.25, -0.2) is 0 Å². The topological polar surface area (TPSA) is 20.3 Å². The highest BCUT2D eigenvalue weighted by atomic mass is 35.5. The molecule has 0 atom stereocenters. The van der Waals surface area contributed by atoms with Gasteiger partial charge in [0.2, 0.25) is 5.24 Å². The zero-order valence-corrected chi connectivity index (χ0v) is 10.1. The van der Waals surface area contributed by atoms with Gasteiger partial charge in [0, 0.05) is 6.42 Å².